The third kappa shape index (κ3) is 3.55. The Labute approximate surface area is 174 Å². The summed E-state index contributed by atoms with van der Waals surface area (Å²) in [6, 6.07) is 13.2. The van der Waals surface area contributed by atoms with Gasteiger partial charge in [0.05, 0.1) is 49.5 Å². The number of nitrogens with zero attached hydrogens (tertiary/aromatic N) is 3. The summed E-state index contributed by atoms with van der Waals surface area (Å²) in [5.74, 6) is 1.23. The zero-order chi connectivity index (χ0) is 21.3. The van der Waals surface area contributed by atoms with Crippen LogP contribution in [0.3, 0.4) is 0 Å². The fraction of sp³-hybridized carbons (Fsp3) is 0.391. The van der Waals surface area contributed by atoms with E-state index in [-0.39, 0.29) is 17.8 Å². The van der Waals surface area contributed by atoms with E-state index < -0.39 is 0 Å². The van der Waals surface area contributed by atoms with Crippen molar-refractivity contribution in [3.8, 4) is 17.6 Å². The molecule has 2 aromatic carbocycles. The summed E-state index contributed by atoms with van der Waals surface area (Å²) in [4.78, 5) is 13.5. The smallest absolute Gasteiger partial charge is 0.329 e. The Kier molecular flexibility index (Phi) is 5.51. The van der Waals surface area contributed by atoms with Crippen molar-refractivity contribution < 1.29 is 14.6 Å². The van der Waals surface area contributed by atoms with E-state index in [2.05, 4.69) is 6.07 Å². The first-order valence-corrected chi connectivity index (χ1v) is 10.1. The van der Waals surface area contributed by atoms with Crippen molar-refractivity contribution in [2.75, 3.05) is 14.2 Å². The van der Waals surface area contributed by atoms with Gasteiger partial charge in [-0.25, -0.2) is 4.79 Å². The predicted molar refractivity (Wildman–Crippen MR) is 113 cm³/mol. The lowest BCUT2D eigenvalue weighted by atomic mass is 9.93. The molecule has 3 aromatic rings. The summed E-state index contributed by atoms with van der Waals surface area (Å²) in [7, 11) is 3.16. The molecule has 0 bridgehead atoms. The Balaban J connectivity index is 1.82. The summed E-state index contributed by atoms with van der Waals surface area (Å²) in [6.07, 6.45) is 2.61. The molecule has 4 rings (SSSR count). The maximum Gasteiger partial charge on any atom is 0.329 e. The molecule has 1 aromatic heterocycles. The van der Waals surface area contributed by atoms with Gasteiger partial charge < -0.3 is 14.6 Å². The molecule has 0 saturated heterocycles. The Hall–Kier alpha value is -3.24. The molecule has 0 radical (unpaired) electrons. The van der Waals surface area contributed by atoms with Crippen LogP contribution < -0.4 is 15.2 Å². The lowest BCUT2D eigenvalue weighted by Gasteiger charge is -2.26. The number of nitriles is 1. The molecule has 1 aliphatic carbocycles. The molecule has 1 saturated carbocycles. The van der Waals surface area contributed by atoms with Crippen LogP contribution in [0.1, 0.15) is 42.9 Å². The number of imidazole rings is 1. The number of methoxy groups -OCH3 is 2. The molecular formula is C23H25N3O4. The largest absolute Gasteiger partial charge is 0.493 e. The number of hydrogen-bond acceptors (Lipinski definition) is 5. The predicted octanol–water partition coefficient (Wildman–Crippen LogP) is 3.22. The first-order chi connectivity index (χ1) is 14.5. The van der Waals surface area contributed by atoms with Crippen LogP contribution in [-0.4, -0.2) is 34.6 Å². The van der Waals surface area contributed by atoms with Crippen molar-refractivity contribution in [3.05, 3.63) is 58.0 Å². The molecule has 0 atom stereocenters. The summed E-state index contributed by atoms with van der Waals surface area (Å²) in [5.41, 5.74) is 2.87. The highest BCUT2D eigenvalue weighted by Gasteiger charge is 2.25. The summed E-state index contributed by atoms with van der Waals surface area (Å²) in [6.45, 7) is 0.354. The van der Waals surface area contributed by atoms with Gasteiger partial charge in [-0.2, -0.15) is 5.26 Å². The normalized spacial score (nSPS) is 18.9. The van der Waals surface area contributed by atoms with E-state index in [1.807, 2.05) is 28.8 Å². The highest BCUT2D eigenvalue weighted by molar-refractivity contribution is 5.78. The Bertz CT molecular complexity index is 1160. The van der Waals surface area contributed by atoms with Gasteiger partial charge in [0, 0.05) is 6.04 Å². The SMILES string of the molecule is COc1ccc(Cn2c(=O)n([C@H]3CC[C@H](O)CC3)c3ccc(C#N)cc32)cc1OC. The second kappa shape index (κ2) is 8.25. The van der Waals surface area contributed by atoms with Crippen molar-refractivity contribution in [2.45, 2.75) is 44.4 Å². The molecule has 0 spiro atoms. The Morgan fingerprint density at radius 1 is 1.03 bits per heavy atom. The number of hydrogen-bond donors (Lipinski definition) is 1. The number of aliphatic hydroxyl groups excluding tert-OH is 1. The molecule has 7 heteroatoms. The highest BCUT2D eigenvalue weighted by Crippen LogP contribution is 2.32. The van der Waals surface area contributed by atoms with E-state index in [9.17, 15) is 15.2 Å². The summed E-state index contributed by atoms with van der Waals surface area (Å²) in [5, 5.41) is 19.2. The molecule has 0 unspecified atom stereocenters. The van der Waals surface area contributed by atoms with Gasteiger partial charge in [-0.3, -0.25) is 9.13 Å². The molecule has 156 valence electrons. The minimum atomic E-state index is -0.290. The molecule has 1 N–H and O–H groups in total. The molecule has 0 aliphatic heterocycles. The zero-order valence-electron chi connectivity index (χ0n) is 17.2. The van der Waals surface area contributed by atoms with Crippen LogP contribution in [0.15, 0.2) is 41.2 Å². The number of fused-ring (bicyclic) bond motifs is 1. The van der Waals surface area contributed by atoms with Crippen LogP contribution >= 0.6 is 0 Å². The third-order valence-electron chi connectivity index (χ3n) is 5.91. The van der Waals surface area contributed by atoms with E-state index in [4.69, 9.17) is 9.47 Å². The first kappa shape index (κ1) is 20.0. The van der Waals surface area contributed by atoms with Crippen LogP contribution in [0.2, 0.25) is 0 Å². The number of rotatable bonds is 5. The lowest BCUT2D eigenvalue weighted by Crippen LogP contribution is -2.31. The monoisotopic (exact) mass is 407 g/mol. The van der Waals surface area contributed by atoms with Crippen molar-refractivity contribution in [1.82, 2.24) is 9.13 Å². The maximum absolute atomic E-state index is 13.5. The van der Waals surface area contributed by atoms with E-state index in [0.29, 0.717) is 36.4 Å². The Morgan fingerprint density at radius 2 is 1.77 bits per heavy atom. The number of aromatic nitrogens is 2. The quantitative estimate of drug-likeness (QED) is 0.701. The summed E-state index contributed by atoms with van der Waals surface area (Å²) >= 11 is 0. The lowest BCUT2D eigenvalue weighted by molar-refractivity contribution is 0.110. The van der Waals surface area contributed by atoms with E-state index in [1.165, 1.54) is 0 Å². The van der Waals surface area contributed by atoms with E-state index in [1.54, 1.807) is 30.9 Å². The second-order valence-electron chi connectivity index (χ2n) is 7.71. The maximum atomic E-state index is 13.5. The number of benzene rings is 2. The van der Waals surface area contributed by atoms with Crippen molar-refractivity contribution in [3.63, 3.8) is 0 Å². The minimum absolute atomic E-state index is 0.0444. The molecule has 30 heavy (non-hydrogen) atoms. The minimum Gasteiger partial charge on any atom is -0.493 e. The fourth-order valence-corrected chi connectivity index (χ4v) is 4.33. The number of aliphatic hydroxyl groups is 1. The van der Waals surface area contributed by atoms with Crippen molar-refractivity contribution in [2.24, 2.45) is 0 Å². The van der Waals surface area contributed by atoms with Crippen LogP contribution in [0, 0.1) is 11.3 Å². The molecule has 1 heterocycles. The van der Waals surface area contributed by atoms with Gasteiger partial charge in [0.1, 0.15) is 0 Å². The van der Waals surface area contributed by atoms with Gasteiger partial charge in [-0.05, 0) is 61.6 Å². The summed E-state index contributed by atoms with van der Waals surface area (Å²) < 4.78 is 14.2. The van der Waals surface area contributed by atoms with Crippen LogP contribution in [0.5, 0.6) is 11.5 Å². The fourth-order valence-electron chi connectivity index (χ4n) is 4.33. The van der Waals surface area contributed by atoms with E-state index >= 15 is 0 Å². The molecular weight excluding hydrogens is 382 g/mol. The highest BCUT2D eigenvalue weighted by atomic mass is 16.5. The van der Waals surface area contributed by atoms with Gasteiger partial charge in [0.25, 0.3) is 0 Å². The zero-order valence-corrected chi connectivity index (χ0v) is 17.2. The van der Waals surface area contributed by atoms with Gasteiger partial charge in [0.2, 0.25) is 0 Å². The van der Waals surface area contributed by atoms with Gasteiger partial charge in [-0.15, -0.1) is 0 Å². The van der Waals surface area contributed by atoms with Gasteiger partial charge >= 0.3 is 5.69 Å². The van der Waals surface area contributed by atoms with Crippen molar-refractivity contribution in [1.29, 1.82) is 5.26 Å². The molecule has 0 amide bonds. The standard InChI is InChI=1S/C23H25N3O4/c1-29-21-10-4-16(12-22(21)30-2)14-25-20-11-15(13-24)3-9-19(20)26(23(25)28)17-5-7-18(27)8-6-17/h3-4,9-12,17-18,27H,5-8,14H2,1-2H3/t17-,18-. The van der Waals surface area contributed by atoms with Crippen LogP contribution in [0.25, 0.3) is 11.0 Å². The average Bonchev–Trinajstić information content (AvgIpc) is 3.04. The Morgan fingerprint density at radius 3 is 2.43 bits per heavy atom. The molecule has 1 fully saturated rings. The molecule has 1 aliphatic rings. The molecule has 7 nitrogen and oxygen atoms in total. The average molecular weight is 407 g/mol. The topological polar surface area (TPSA) is 89.4 Å². The van der Waals surface area contributed by atoms with Crippen LogP contribution in [-0.2, 0) is 6.54 Å². The first-order valence-electron chi connectivity index (χ1n) is 10.1. The second-order valence-corrected chi connectivity index (χ2v) is 7.71. The van der Waals surface area contributed by atoms with Gasteiger partial charge in [0.15, 0.2) is 11.5 Å². The van der Waals surface area contributed by atoms with Crippen molar-refractivity contribution >= 4 is 11.0 Å². The van der Waals surface area contributed by atoms with E-state index in [0.717, 1.165) is 29.4 Å². The van der Waals surface area contributed by atoms with Crippen LogP contribution in [0.4, 0.5) is 0 Å². The number of ether oxygens (including phenoxy) is 2. The third-order valence-corrected chi connectivity index (χ3v) is 5.91. The van der Waals surface area contributed by atoms with Gasteiger partial charge in [-0.1, -0.05) is 6.07 Å².